The van der Waals surface area contributed by atoms with Crippen molar-refractivity contribution >= 4 is 10.1 Å². The fourth-order valence-corrected chi connectivity index (χ4v) is 0.612. The Labute approximate surface area is 76.3 Å². The van der Waals surface area contributed by atoms with Crippen LogP contribution in [0.1, 0.15) is 13.3 Å². The van der Waals surface area contributed by atoms with Gasteiger partial charge in [0.1, 0.15) is 15.6 Å². The van der Waals surface area contributed by atoms with Gasteiger partial charge in [-0.15, -0.1) is 0 Å². The van der Waals surface area contributed by atoms with E-state index >= 15 is 0 Å². The number of rotatable bonds is 2. The smallest absolute Gasteiger partial charge is 0.746 e. The van der Waals surface area contributed by atoms with Crippen molar-refractivity contribution in [3.63, 3.8) is 0 Å². The van der Waals surface area contributed by atoms with Crippen molar-refractivity contribution < 1.29 is 47.6 Å². The predicted molar refractivity (Wildman–Crippen MR) is 26.0 cm³/mol. The molecular weight excluding hydrogens is 155 g/mol. The normalized spacial score (nSPS) is 14.1. The van der Waals surface area contributed by atoms with Gasteiger partial charge in [0.05, 0.1) is 0 Å². The second-order valence-corrected chi connectivity index (χ2v) is 2.89. The van der Waals surface area contributed by atoms with E-state index in [1.54, 1.807) is 0 Å². The maximum absolute atomic E-state index is 9.76. The van der Waals surface area contributed by atoms with Crippen molar-refractivity contribution in [2.75, 3.05) is 0 Å². The molecule has 6 heteroatoms. The fraction of sp³-hybridized carbons (Fsp3) is 1.00. The maximum atomic E-state index is 9.76. The van der Waals surface area contributed by atoms with Gasteiger partial charge < -0.3 is 9.66 Å². The van der Waals surface area contributed by atoms with Crippen LogP contribution in [-0.2, 0) is 10.1 Å². The summed E-state index contributed by atoms with van der Waals surface area (Å²) in [6.07, 6.45) is -0.0498. The molecule has 0 heterocycles. The van der Waals surface area contributed by atoms with Crippen molar-refractivity contribution in [1.82, 2.24) is 0 Å². The molecule has 0 aliphatic rings. The van der Waals surface area contributed by atoms with E-state index in [2.05, 4.69) is 0 Å². The summed E-state index contributed by atoms with van der Waals surface area (Å²) in [7, 11) is -4.45. The van der Waals surface area contributed by atoms with Gasteiger partial charge in [0.2, 0.25) is 0 Å². The molecule has 0 bridgehead atoms. The van der Waals surface area contributed by atoms with Gasteiger partial charge in [-0.3, -0.25) is 0 Å². The van der Waals surface area contributed by atoms with Crippen LogP contribution in [0.4, 0.5) is 0 Å². The molecule has 9 heavy (non-hydrogen) atoms. The van der Waals surface area contributed by atoms with Crippen LogP contribution in [0.25, 0.3) is 0 Å². The number of hydrogen-bond donors (Lipinski definition) is 1. The Hall–Kier alpha value is 0.870. The molecule has 1 atom stereocenters. The summed E-state index contributed by atoms with van der Waals surface area (Å²) < 4.78 is 29.3. The molecule has 0 saturated heterocycles. The first-order chi connectivity index (χ1) is 3.48. The van der Waals surface area contributed by atoms with Crippen LogP contribution in [-0.4, -0.2) is 23.5 Å². The van der Waals surface area contributed by atoms with Crippen molar-refractivity contribution in [3.8, 4) is 0 Å². The molecule has 1 N–H and O–H groups in total. The van der Waals surface area contributed by atoms with E-state index in [4.69, 9.17) is 5.11 Å². The average molecular weight is 162 g/mol. The third kappa shape index (κ3) is 5.32. The Morgan fingerprint density at radius 1 is 1.67 bits per heavy atom. The fourth-order valence-electron chi connectivity index (χ4n) is 0.204. The number of hydrogen-bond acceptors (Lipinski definition) is 4. The van der Waals surface area contributed by atoms with Crippen molar-refractivity contribution in [2.24, 2.45) is 0 Å². The number of aliphatic hydroxyl groups is 1. The zero-order chi connectivity index (χ0) is 6.78. The molecule has 1 unspecified atom stereocenters. The Balaban J connectivity index is 0. The van der Waals surface area contributed by atoms with Gasteiger partial charge in [0, 0.05) is 0 Å². The molecule has 0 fully saturated rings. The Bertz CT molecular complexity index is 151. The van der Waals surface area contributed by atoms with Gasteiger partial charge in [-0.2, -0.15) is 0 Å². The third-order valence-corrected chi connectivity index (χ3v) is 1.68. The summed E-state index contributed by atoms with van der Waals surface area (Å²) in [6, 6.07) is 0. The standard InChI is InChI=1S/C3H8O4S.Na/c1-2-3(4)8(5,6)7;/h3-4H,2H2,1H3,(H,5,6,7);/q;+1/p-1. The van der Waals surface area contributed by atoms with Crippen LogP contribution in [0.3, 0.4) is 0 Å². The van der Waals surface area contributed by atoms with E-state index in [0.717, 1.165) is 0 Å². The van der Waals surface area contributed by atoms with Crippen molar-refractivity contribution in [3.05, 3.63) is 0 Å². The van der Waals surface area contributed by atoms with E-state index in [1.807, 2.05) is 0 Å². The van der Waals surface area contributed by atoms with Gasteiger partial charge in [0.15, 0.2) is 0 Å². The molecule has 0 spiro atoms. The molecule has 0 aromatic rings. The van der Waals surface area contributed by atoms with Crippen molar-refractivity contribution in [2.45, 2.75) is 18.8 Å². The third-order valence-electron chi connectivity index (χ3n) is 0.682. The van der Waals surface area contributed by atoms with E-state index in [9.17, 15) is 13.0 Å². The maximum Gasteiger partial charge on any atom is 1.00 e. The molecule has 0 aliphatic carbocycles. The quantitative estimate of drug-likeness (QED) is 0.334. The molecule has 4 nitrogen and oxygen atoms in total. The topological polar surface area (TPSA) is 77.4 Å². The van der Waals surface area contributed by atoms with Crippen LogP contribution < -0.4 is 29.6 Å². The van der Waals surface area contributed by atoms with Crippen LogP contribution in [0.2, 0.25) is 0 Å². The molecule has 0 aromatic heterocycles. The number of aliphatic hydroxyl groups excluding tert-OH is 1. The summed E-state index contributed by atoms with van der Waals surface area (Å²) >= 11 is 0. The zero-order valence-electron chi connectivity index (χ0n) is 5.36. The van der Waals surface area contributed by atoms with E-state index in [-0.39, 0.29) is 36.0 Å². The van der Waals surface area contributed by atoms with E-state index < -0.39 is 15.6 Å². The minimum absolute atomic E-state index is 0. The van der Waals surface area contributed by atoms with Crippen LogP contribution in [0.15, 0.2) is 0 Å². The first-order valence-corrected chi connectivity index (χ1v) is 3.58. The molecule has 0 aliphatic heterocycles. The Morgan fingerprint density at radius 2 is 2.00 bits per heavy atom. The monoisotopic (exact) mass is 162 g/mol. The second kappa shape index (κ2) is 4.65. The molecule has 50 valence electrons. The van der Waals surface area contributed by atoms with Gasteiger partial charge in [-0.25, -0.2) is 8.42 Å². The minimum atomic E-state index is -4.45. The first-order valence-electron chi connectivity index (χ1n) is 2.11. The predicted octanol–water partition coefficient (Wildman–Crippen LogP) is -3.74. The largest absolute Gasteiger partial charge is 1.00 e. The molecular formula is C3H7NaO4S. The van der Waals surface area contributed by atoms with Crippen LogP contribution >= 0.6 is 0 Å². The zero-order valence-corrected chi connectivity index (χ0v) is 8.18. The van der Waals surface area contributed by atoms with Crippen molar-refractivity contribution in [1.29, 1.82) is 0 Å². The van der Waals surface area contributed by atoms with Gasteiger partial charge in [-0.1, -0.05) is 6.92 Å². The summed E-state index contributed by atoms with van der Waals surface area (Å²) in [5.74, 6) is 0. The van der Waals surface area contributed by atoms with Crippen LogP contribution in [0.5, 0.6) is 0 Å². The molecule has 0 rings (SSSR count). The average Bonchev–Trinajstić information content (AvgIpc) is 1.62. The second-order valence-electron chi connectivity index (χ2n) is 1.36. The first kappa shape index (κ1) is 12.5. The van der Waals surface area contributed by atoms with Crippen LogP contribution in [0, 0.1) is 0 Å². The summed E-state index contributed by atoms with van der Waals surface area (Å²) in [5.41, 5.74) is -1.73. The Morgan fingerprint density at radius 3 is 2.00 bits per heavy atom. The summed E-state index contributed by atoms with van der Waals surface area (Å²) in [6.45, 7) is 1.42. The molecule has 0 radical (unpaired) electrons. The Kier molecular flexibility index (Phi) is 6.48. The summed E-state index contributed by atoms with van der Waals surface area (Å²) in [5, 5.41) is 8.29. The minimum Gasteiger partial charge on any atom is -0.746 e. The van der Waals surface area contributed by atoms with E-state index in [0.29, 0.717) is 0 Å². The summed E-state index contributed by atoms with van der Waals surface area (Å²) in [4.78, 5) is 0. The molecule has 0 saturated carbocycles. The van der Waals surface area contributed by atoms with Gasteiger partial charge >= 0.3 is 29.6 Å². The molecule has 0 aromatic carbocycles. The molecule has 0 amide bonds. The van der Waals surface area contributed by atoms with Gasteiger partial charge in [0.25, 0.3) is 0 Å². The SMILES string of the molecule is CCC(O)S(=O)(=O)[O-].[Na+]. The van der Waals surface area contributed by atoms with Gasteiger partial charge in [-0.05, 0) is 6.42 Å². The van der Waals surface area contributed by atoms with E-state index in [1.165, 1.54) is 6.92 Å².